The van der Waals surface area contributed by atoms with E-state index in [-0.39, 0.29) is 0 Å². The number of hydrogen-bond donors (Lipinski definition) is 0. The molecule has 0 fully saturated rings. The summed E-state index contributed by atoms with van der Waals surface area (Å²) < 4.78 is 5.73. The molecule has 1 aliphatic carbocycles. The molecule has 0 aromatic rings. The van der Waals surface area contributed by atoms with Crippen LogP contribution < -0.4 is 0 Å². The predicted molar refractivity (Wildman–Crippen MR) is 52.3 cm³/mol. The van der Waals surface area contributed by atoms with Gasteiger partial charge in [0.25, 0.3) is 0 Å². The van der Waals surface area contributed by atoms with Crippen LogP contribution in [0.1, 0.15) is 45.4 Å². The maximum Gasteiger partial charge on any atom is 0.0612 e. The lowest BCUT2D eigenvalue weighted by Crippen LogP contribution is -2.14. The summed E-state index contributed by atoms with van der Waals surface area (Å²) in [6, 6.07) is 0. The maximum atomic E-state index is 5.73. The van der Waals surface area contributed by atoms with Crippen molar-refractivity contribution in [3.8, 4) is 0 Å². The topological polar surface area (TPSA) is 9.23 Å². The first-order valence-electron chi connectivity index (χ1n) is 5.20. The number of allylic oxidation sites excluding steroid dienone is 1. The average Bonchev–Trinajstić information content (AvgIpc) is 2.14. The SMILES string of the molecule is CCCCCOC1CC=CCC1. The van der Waals surface area contributed by atoms with Gasteiger partial charge in [-0.1, -0.05) is 31.9 Å². The van der Waals surface area contributed by atoms with E-state index in [0.717, 1.165) is 13.0 Å². The van der Waals surface area contributed by atoms with Crippen LogP contribution in [0.4, 0.5) is 0 Å². The van der Waals surface area contributed by atoms with Gasteiger partial charge in [-0.3, -0.25) is 0 Å². The van der Waals surface area contributed by atoms with E-state index in [9.17, 15) is 0 Å². The van der Waals surface area contributed by atoms with Gasteiger partial charge in [0.05, 0.1) is 6.10 Å². The lowest BCUT2D eigenvalue weighted by molar-refractivity contribution is 0.0452. The highest BCUT2D eigenvalue weighted by molar-refractivity contribution is 4.90. The minimum atomic E-state index is 0.520. The molecule has 1 rings (SSSR count). The summed E-state index contributed by atoms with van der Waals surface area (Å²) >= 11 is 0. The van der Waals surface area contributed by atoms with Crippen molar-refractivity contribution in [1.29, 1.82) is 0 Å². The molecular formula is C11H20O. The Kier molecular flexibility index (Phi) is 5.09. The van der Waals surface area contributed by atoms with Crippen molar-refractivity contribution < 1.29 is 4.74 Å². The fourth-order valence-electron chi connectivity index (χ4n) is 1.52. The van der Waals surface area contributed by atoms with Crippen LogP contribution in [0.5, 0.6) is 0 Å². The number of hydrogen-bond acceptors (Lipinski definition) is 1. The molecule has 0 aromatic heterocycles. The molecule has 0 saturated heterocycles. The molecule has 0 saturated carbocycles. The summed E-state index contributed by atoms with van der Waals surface area (Å²) in [5.41, 5.74) is 0. The Bertz CT molecular complexity index is 129. The average molecular weight is 168 g/mol. The van der Waals surface area contributed by atoms with Crippen LogP contribution in [0.15, 0.2) is 12.2 Å². The number of unbranched alkanes of at least 4 members (excludes halogenated alkanes) is 2. The Hall–Kier alpha value is -0.300. The van der Waals surface area contributed by atoms with Crippen LogP contribution in [0.25, 0.3) is 0 Å². The maximum absolute atomic E-state index is 5.73. The van der Waals surface area contributed by atoms with Crippen molar-refractivity contribution in [2.75, 3.05) is 6.61 Å². The molecule has 0 amide bonds. The summed E-state index contributed by atoms with van der Waals surface area (Å²) in [6.45, 7) is 3.19. The molecule has 1 atom stereocenters. The van der Waals surface area contributed by atoms with Crippen molar-refractivity contribution in [3.05, 3.63) is 12.2 Å². The minimum absolute atomic E-state index is 0.520. The van der Waals surface area contributed by atoms with Gasteiger partial charge in [0.15, 0.2) is 0 Å². The molecule has 70 valence electrons. The fourth-order valence-corrected chi connectivity index (χ4v) is 1.52. The van der Waals surface area contributed by atoms with E-state index in [2.05, 4.69) is 19.1 Å². The highest BCUT2D eigenvalue weighted by Crippen LogP contribution is 2.14. The molecule has 0 N–H and O–H groups in total. The van der Waals surface area contributed by atoms with Crippen molar-refractivity contribution in [1.82, 2.24) is 0 Å². The van der Waals surface area contributed by atoms with E-state index < -0.39 is 0 Å². The minimum Gasteiger partial charge on any atom is -0.378 e. The van der Waals surface area contributed by atoms with Crippen LogP contribution in [0.2, 0.25) is 0 Å². The van der Waals surface area contributed by atoms with Crippen LogP contribution in [0, 0.1) is 0 Å². The van der Waals surface area contributed by atoms with E-state index in [1.165, 1.54) is 32.1 Å². The fraction of sp³-hybridized carbons (Fsp3) is 0.818. The van der Waals surface area contributed by atoms with E-state index in [4.69, 9.17) is 4.74 Å². The Balaban J connectivity index is 1.95. The van der Waals surface area contributed by atoms with E-state index in [1.807, 2.05) is 0 Å². The molecule has 1 nitrogen and oxygen atoms in total. The molecule has 0 aromatic carbocycles. The Morgan fingerprint density at radius 3 is 2.92 bits per heavy atom. The van der Waals surface area contributed by atoms with E-state index in [1.54, 1.807) is 0 Å². The van der Waals surface area contributed by atoms with Gasteiger partial charge in [0, 0.05) is 6.61 Å². The molecule has 1 unspecified atom stereocenters. The second kappa shape index (κ2) is 6.24. The Labute approximate surface area is 75.8 Å². The van der Waals surface area contributed by atoms with Crippen molar-refractivity contribution in [2.45, 2.75) is 51.6 Å². The second-order valence-corrected chi connectivity index (χ2v) is 3.48. The molecule has 0 heterocycles. The summed E-state index contributed by atoms with van der Waals surface area (Å²) in [5.74, 6) is 0. The van der Waals surface area contributed by atoms with E-state index >= 15 is 0 Å². The molecule has 0 bridgehead atoms. The van der Waals surface area contributed by atoms with Gasteiger partial charge in [-0.05, 0) is 25.7 Å². The van der Waals surface area contributed by atoms with Gasteiger partial charge in [-0.25, -0.2) is 0 Å². The third-order valence-corrected chi connectivity index (χ3v) is 2.32. The summed E-state index contributed by atoms with van der Waals surface area (Å²) in [4.78, 5) is 0. The number of ether oxygens (including phenoxy) is 1. The lowest BCUT2D eigenvalue weighted by atomic mass is 10.1. The first kappa shape index (κ1) is 9.79. The van der Waals surface area contributed by atoms with Crippen molar-refractivity contribution >= 4 is 0 Å². The summed E-state index contributed by atoms with van der Waals surface area (Å²) in [7, 11) is 0. The quantitative estimate of drug-likeness (QED) is 0.452. The van der Waals surface area contributed by atoms with Gasteiger partial charge in [0.2, 0.25) is 0 Å². The smallest absolute Gasteiger partial charge is 0.0612 e. The standard InChI is InChI=1S/C11H20O/c1-2-3-7-10-12-11-8-5-4-6-9-11/h4-5,11H,2-3,6-10H2,1H3. The van der Waals surface area contributed by atoms with Crippen molar-refractivity contribution in [2.24, 2.45) is 0 Å². The van der Waals surface area contributed by atoms with Gasteiger partial charge in [-0.2, -0.15) is 0 Å². The van der Waals surface area contributed by atoms with Crippen molar-refractivity contribution in [3.63, 3.8) is 0 Å². The second-order valence-electron chi connectivity index (χ2n) is 3.48. The zero-order valence-electron chi connectivity index (χ0n) is 8.09. The highest BCUT2D eigenvalue weighted by Gasteiger charge is 2.08. The molecule has 0 radical (unpaired) electrons. The monoisotopic (exact) mass is 168 g/mol. The molecule has 1 aliphatic rings. The first-order valence-corrected chi connectivity index (χ1v) is 5.20. The lowest BCUT2D eigenvalue weighted by Gasteiger charge is -2.18. The molecule has 0 aliphatic heterocycles. The Morgan fingerprint density at radius 1 is 1.33 bits per heavy atom. The largest absolute Gasteiger partial charge is 0.378 e. The summed E-state index contributed by atoms with van der Waals surface area (Å²) in [6.07, 6.45) is 12.4. The zero-order chi connectivity index (χ0) is 8.65. The van der Waals surface area contributed by atoms with Crippen LogP contribution in [-0.4, -0.2) is 12.7 Å². The Morgan fingerprint density at radius 2 is 2.25 bits per heavy atom. The van der Waals surface area contributed by atoms with Gasteiger partial charge in [0.1, 0.15) is 0 Å². The third-order valence-electron chi connectivity index (χ3n) is 2.32. The van der Waals surface area contributed by atoms with E-state index in [0.29, 0.717) is 6.10 Å². The summed E-state index contributed by atoms with van der Waals surface area (Å²) in [5, 5.41) is 0. The third kappa shape index (κ3) is 3.91. The molecule has 12 heavy (non-hydrogen) atoms. The van der Waals surface area contributed by atoms with Crippen LogP contribution in [0.3, 0.4) is 0 Å². The predicted octanol–water partition coefficient (Wildman–Crippen LogP) is 3.30. The number of rotatable bonds is 5. The van der Waals surface area contributed by atoms with Crippen LogP contribution in [-0.2, 0) is 4.74 Å². The zero-order valence-corrected chi connectivity index (χ0v) is 8.09. The molecular weight excluding hydrogens is 148 g/mol. The highest BCUT2D eigenvalue weighted by atomic mass is 16.5. The first-order chi connectivity index (χ1) is 5.93. The van der Waals surface area contributed by atoms with Gasteiger partial charge < -0.3 is 4.74 Å². The van der Waals surface area contributed by atoms with Gasteiger partial charge in [-0.15, -0.1) is 0 Å². The molecule has 0 spiro atoms. The van der Waals surface area contributed by atoms with Gasteiger partial charge >= 0.3 is 0 Å². The molecule has 1 heteroatoms. The normalized spacial score (nSPS) is 22.9. The van der Waals surface area contributed by atoms with Crippen LogP contribution >= 0.6 is 0 Å².